The average Bonchev–Trinajstić information content (AvgIpc) is 2.85. The summed E-state index contributed by atoms with van der Waals surface area (Å²) in [5.74, 6) is 0.691. The predicted molar refractivity (Wildman–Crippen MR) is 97.1 cm³/mol. The number of halogens is 1. The Labute approximate surface area is 140 Å². The van der Waals surface area contributed by atoms with Gasteiger partial charge in [-0.2, -0.15) is 0 Å². The molecule has 1 heterocycles. The summed E-state index contributed by atoms with van der Waals surface area (Å²) in [5.41, 5.74) is 2.79. The lowest BCUT2D eigenvalue weighted by molar-refractivity contribution is 0.601. The Hall–Kier alpha value is -0.640. The number of hydrogen-bond donors (Lipinski definition) is 1. The van der Waals surface area contributed by atoms with Crippen LogP contribution in [-0.2, 0) is 6.42 Å². The van der Waals surface area contributed by atoms with Crippen molar-refractivity contribution >= 4 is 27.3 Å². The number of nitrogens with one attached hydrogen (secondary N) is 1. The lowest BCUT2D eigenvalue weighted by Gasteiger charge is -2.19. The maximum absolute atomic E-state index is 3.69. The Bertz CT molecular complexity index is 562. The number of rotatable bonds is 7. The van der Waals surface area contributed by atoms with Gasteiger partial charge in [-0.3, -0.25) is 0 Å². The SMILES string of the molecule is CCCNC(c1cccc(CC(C)C)c1)c1sccc1Br. The van der Waals surface area contributed by atoms with Crippen molar-refractivity contribution < 1.29 is 0 Å². The number of hydrogen-bond acceptors (Lipinski definition) is 2. The normalized spacial score (nSPS) is 12.8. The molecule has 21 heavy (non-hydrogen) atoms. The molecule has 0 radical (unpaired) electrons. The van der Waals surface area contributed by atoms with Crippen LogP contribution in [0.2, 0.25) is 0 Å². The van der Waals surface area contributed by atoms with Crippen molar-refractivity contribution in [2.24, 2.45) is 5.92 Å². The molecule has 0 bridgehead atoms. The Morgan fingerprint density at radius 3 is 2.67 bits per heavy atom. The molecule has 1 aromatic carbocycles. The van der Waals surface area contributed by atoms with E-state index in [1.165, 1.54) is 20.5 Å². The molecule has 0 saturated heterocycles. The van der Waals surface area contributed by atoms with Crippen molar-refractivity contribution in [3.8, 4) is 0 Å². The first-order chi connectivity index (χ1) is 10.1. The first kappa shape index (κ1) is 16.7. The van der Waals surface area contributed by atoms with E-state index in [1.54, 1.807) is 0 Å². The predicted octanol–water partition coefficient (Wildman–Crippen LogP) is 5.80. The highest BCUT2D eigenvalue weighted by molar-refractivity contribution is 9.10. The van der Waals surface area contributed by atoms with Crippen molar-refractivity contribution in [2.75, 3.05) is 6.54 Å². The van der Waals surface area contributed by atoms with Gasteiger partial charge in [0.1, 0.15) is 0 Å². The van der Waals surface area contributed by atoms with Gasteiger partial charge >= 0.3 is 0 Å². The molecule has 0 fully saturated rings. The molecular formula is C18H24BrNS. The van der Waals surface area contributed by atoms with Gasteiger partial charge < -0.3 is 5.32 Å². The molecular weight excluding hydrogens is 342 g/mol. The third-order valence-electron chi connectivity index (χ3n) is 3.43. The largest absolute Gasteiger partial charge is 0.306 e. The fraction of sp³-hybridized carbons (Fsp3) is 0.444. The van der Waals surface area contributed by atoms with Gasteiger partial charge in [-0.25, -0.2) is 0 Å². The molecule has 0 saturated carbocycles. The number of thiophene rings is 1. The molecule has 0 aliphatic carbocycles. The lowest BCUT2D eigenvalue weighted by Crippen LogP contribution is -2.22. The fourth-order valence-electron chi connectivity index (χ4n) is 2.53. The van der Waals surface area contributed by atoms with Crippen molar-refractivity contribution in [3.63, 3.8) is 0 Å². The quantitative estimate of drug-likeness (QED) is 0.653. The van der Waals surface area contributed by atoms with Crippen LogP contribution in [0, 0.1) is 5.92 Å². The van der Waals surface area contributed by atoms with Gasteiger partial charge in [0, 0.05) is 9.35 Å². The summed E-state index contributed by atoms with van der Waals surface area (Å²) in [4.78, 5) is 1.37. The van der Waals surface area contributed by atoms with E-state index in [4.69, 9.17) is 0 Å². The third-order valence-corrected chi connectivity index (χ3v) is 5.37. The summed E-state index contributed by atoms with van der Waals surface area (Å²) in [6.45, 7) is 7.79. The molecule has 1 nitrogen and oxygen atoms in total. The van der Waals surface area contributed by atoms with Crippen LogP contribution in [0.1, 0.15) is 49.2 Å². The molecule has 1 N–H and O–H groups in total. The van der Waals surface area contributed by atoms with Gasteiger partial charge in [0.2, 0.25) is 0 Å². The van der Waals surface area contributed by atoms with Crippen LogP contribution in [0.3, 0.4) is 0 Å². The van der Waals surface area contributed by atoms with E-state index in [1.807, 2.05) is 11.3 Å². The Morgan fingerprint density at radius 1 is 1.24 bits per heavy atom. The van der Waals surface area contributed by atoms with Crippen molar-refractivity contribution in [1.82, 2.24) is 5.32 Å². The van der Waals surface area contributed by atoms with Gasteiger partial charge in [0.15, 0.2) is 0 Å². The molecule has 1 aromatic heterocycles. The van der Waals surface area contributed by atoms with Crippen LogP contribution in [-0.4, -0.2) is 6.54 Å². The second kappa shape index (κ2) is 8.11. The van der Waals surface area contributed by atoms with Crippen molar-refractivity contribution in [1.29, 1.82) is 0 Å². The van der Waals surface area contributed by atoms with Crippen LogP contribution in [0.5, 0.6) is 0 Å². The summed E-state index contributed by atoms with van der Waals surface area (Å²) < 4.78 is 1.20. The maximum atomic E-state index is 3.69. The third kappa shape index (κ3) is 4.67. The van der Waals surface area contributed by atoms with Gasteiger partial charge in [-0.1, -0.05) is 45.0 Å². The monoisotopic (exact) mass is 365 g/mol. The van der Waals surface area contributed by atoms with E-state index in [-0.39, 0.29) is 6.04 Å². The minimum atomic E-state index is 0.284. The second-order valence-corrected chi connectivity index (χ2v) is 7.66. The highest BCUT2D eigenvalue weighted by Crippen LogP contribution is 2.33. The maximum Gasteiger partial charge on any atom is 0.0682 e. The van der Waals surface area contributed by atoms with Gasteiger partial charge in [0.05, 0.1) is 6.04 Å². The highest BCUT2D eigenvalue weighted by Gasteiger charge is 2.17. The highest BCUT2D eigenvalue weighted by atomic mass is 79.9. The first-order valence-electron chi connectivity index (χ1n) is 7.67. The number of benzene rings is 1. The summed E-state index contributed by atoms with van der Waals surface area (Å²) in [6, 6.07) is 11.5. The van der Waals surface area contributed by atoms with Crippen LogP contribution in [0.25, 0.3) is 0 Å². The van der Waals surface area contributed by atoms with E-state index < -0.39 is 0 Å². The zero-order valence-electron chi connectivity index (χ0n) is 13.0. The molecule has 2 aromatic rings. The standard InChI is InChI=1S/C18H24BrNS/c1-4-9-20-17(18-16(19)8-10-21-18)15-7-5-6-14(12-15)11-13(2)3/h5-8,10,12-13,17,20H,4,9,11H2,1-3H3. The van der Waals surface area contributed by atoms with Gasteiger partial charge in [-0.15, -0.1) is 11.3 Å². The fourth-order valence-corrected chi connectivity index (χ4v) is 4.24. The molecule has 1 atom stereocenters. The lowest BCUT2D eigenvalue weighted by atomic mass is 9.97. The van der Waals surface area contributed by atoms with Crippen LogP contribution in [0.4, 0.5) is 0 Å². The van der Waals surface area contributed by atoms with Crippen LogP contribution >= 0.6 is 27.3 Å². The Balaban J connectivity index is 2.30. The average molecular weight is 366 g/mol. The van der Waals surface area contributed by atoms with E-state index in [0.717, 1.165) is 19.4 Å². The molecule has 0 amide bonds. The van der Waals surface area contributed by atoms with Crippen LogP contribution < -0.4 is 5.32 Å². The van der Waals surface area contributed by atoms with E-state index in [0.29, 0.717) is 5.92 Å². The second-order valence-electron chi connectivity index (χ2n) is 5.86. The zero-order chi connectivity index (χ0) is 15.2. The van der Waals surface area contributed by atoms with E-state index in [9.17, 15) is 0 Å². The zero-order valence-corrected chi connectivity index (χ0v) is 15.4. The molecule has 0 aliphatic rings. The summed E-state index contributed by atoms with van der Waals surface area (Å²) in [6.07, 6.45) is 2.28. The molecule has 0 aliphatic heterocycles. The van der Waals surface area contributed by atoms with Crippen molar-refractivity contribution in [3.05, 3.63) is 56.2 Å². The Kier molecular flexibility index (Phi) is 6.46. The summed E-state index contributed by atoms with van der Waals surface area (Å²) in [7, 11) is 0. The molecule has 114 valence electrons. The summed E-state index contributed by atoms with van der Waals surface area (Å²) in [5, 5.41) is 5.84. The van der Waals surface area contributed by atoms with Gasteiger partial charge in [0.25, 0.3) is 0 Å². The minimum absolute atomic E-state index is 0.284. The first-order valence-corrected chi connectivity index (χ1v) is 9.34. The minimum Gasteiger partial charge on any atom is -0.306 e. The van der Waals surface area contributed by atoms with Crippen molar-refractivity contribution in [2.45, 2.75) is 39.7 Å². The van der Waals surface area contributed by atoms with Gasteiger partial charge in [-0.05, 0) is 63.8 Å². The molecule has 3 heteroatoms. The van der Waals surface area contributed by atoms with E-state index >= 15 is 0 Å². The Morgan fingerprint density at radius 2 is 2.05 bits per heavy atom. The molecule has 1 unspecified atom stereocenters. The van der Waals surface area contributed by atoms with E-state index in [2.05, 4.69) is 77.7 Å². The molecule has 2 rings (SSSR count). The smallest absolute Gasteiger partial charge is 0.0682 e. The molecule has 0 spiro atoms. The summed E-state index contributed by atoms with van der Waals surface area (Å²) >= 11 is 5.50. The van der Waals surface area contributed by atoms with Crippen LogP contribution in [0.15, 0.2) is 40.2 Å². The topological polar surface area (TPSA) is 12.0 Å².